The first kappa shape index (κ1) is 16.7. The van der Waals surface area contributed by atoms with Gasteiger partial charge in [0.15, 0.2) is 0 Å². The maximum Gasteiger partial charge on any atom is 0.123 e. The van der Waals surface area contributed by atoms with Gasteiger partial charge in [0, 0.05) is 6.07 Å². The third-order valence-electron chi connectivity index (χ3n) is 3.44. The van der Waals surface area contributed by atoms with Crippen LogP contribution in [0.4, 0.5) is 0 Å². The Morgan fingerprint density at radius 3 is 1.92 bits per heavy atom. The van der Waals surface area contributed by atoms with E-state index >= 15 is 0 Å². The van der Waals surface area contributed by atoms with Crippen LogP contribution in [0.15, 0.2) is 72.8 Å². The highest BCUT2D eigenvalue weighted by Gasteiger charge is 2.02. The van der Waals surface area contributed by atoms with Gasteiger partial charge in [0.1, 0.15) is 24.7 Å². The van der Waals surface area contributed by atoms with E-state index in [4.69, 9.17) is 32.7 Å². The summed E-state index contributed by atoms with van der Waals surface area (Å²) in [6.45, 7) is 0.941. The standard InChI is InChI=1S/C20H16Cl2O2/c21-19-10-9-16(11-20(19)22)14-24-18-8-4-7-17(12-18)23-13-15-5-2-1-3-6-15/h1-12H,13-14H2. The molecule has 0 aliphatic rings. The van der Waals surface area contributed by atoms with Gasteiger partial charge in [-0.25, -0.2) is 0 Å². The lowest BCUT2D eigenvalue weighted by atomic mass is 10.2. The highest BCUT2D eigenvalue weighted by molar-refractivity contribution is 6.42. The van der Waals surface area contributed by atoms with E-state index in [2.05, 4.69) is 0 Å². The van der Waals surface area contributed by atoms with E-state index in [0.29, 0.717) is 23.3 Å². The molecule has 0 N–H and O–H groups in total. The highest BCUT2D eigenvalue weighted by atomic mass is 35.5. The molecule has 0 heterocycles. The topological polar surface area (TPSA) is 18.5 Å². The zero-order chi connectivity index (χ0) is 16.8. The SMILES string of the molecule is Clc1ccc(COc2cccc(OCc3ccccc3)c2)cc1Cl. The van der Waals surface area contributed by atoms with E-state index in [-0.39, 0.29) is 0 Å². The predicted octanol–water partition coefficient (Wildman–Crippen LogP) is 6.15. The third-order valence-corrected chi connectivity index (χ3v) is 4.18. The molecule has 0 radical (unpaired) electrons. The van der Waals surface area contributed by atoms with Gasteiger partial charge in [-0.3, -0.25) is 0 Å². The number of ether oxygens (including phenoxy) is 2. The van der Waals surface area contributed by atoms with E-state index in [0.717, 1.165) is 22.6 Å². The van der Waals surface area contributed by atoms with Crippen molar-refractivity contribution in [3.63, 3.8) is 0 Å². The molecule has 0 bridgehead atoms. The molecule has 0 saturated heterocycles. The lowest BCUT2D eigenvalue weighted by Crippen LogP contribution is -1.97. The van der Waals surface area contributed by atoms with Crippen LogP contribution in [0.1, 0.15) is 11.1 Å². The van der Waals surface area contributed by atoms with Crippen LogP contribution in [0.3, 0.4) is 0 Å². The van der Waals surface area contributed by atoms with Gasteiger partial charge in [0.05, 0.1) is 10.0 Å². The van der Waals surface area contributed by atoms with Crippen molar-refractivity contribution in [1.29, 1.82) is 0 Å². The fourth-order valence-electron chi connectivity index (χ4n) is 2.19. The minimum absolute atomic E-state index is 0.416. The zero-order valence-electron chi connectivity index (χ0n) is 12.9. The normalized spacial score (nSPS) is 10.4. The largest absolute Gasteiger partial charge is 0.489 e. The van der Waals surface area contributed by atoms with E-state index in [1.165, 1.54) is 0 Å². The summed E-state index contributed by atoms with van der Waals surface area (Å²) < 4.78 is 11.6. The van der Waals surface area contributed by atoms with Gasteiger partial charge in [-0.15, -0.1) is 0 Å². The molecule has 0 spiro atoms. The van der Waals surface area contributed by atoms with Crippen molar-refractivity contribution in [2.24, 2.45) is 0 Å². The summed E-state index contributed by atoms with van der Waals surface area (Å²) in [4.78, 5) is 0. The lowest BCUT2D eigenvalue weighted by Gasteiger charge is -2.10. The number of halogens is 2. The molecule has 0 aliphatic heterocycles. The number of benzene rings is 3. The average molecular weight is 359 g/mol. The molecule has 0 atom stereocenters. The van der Waals surface area contributed by atoms with Crippen molar-refractivity contribution in [1.82, 2.24) is 0 Å². The van der Waals surface area contributed by atoms with E-state index < -0.39 is 0 Å². The first-order valence-corrected chi connectivity index (χ1v) is 8.30. The third kappa shape index (κ3) is 4.67. The second-order valence-electron chi connectivity index (χ2n) is 5.29. The summed E-state index contributed by atoms with van der Waals surface area (Å²) in [6, 6.07) is 23.1. The molecular formula is C20H16Cl2O2. The number of hydrogen-bond acceptors (Lipinski definition) is 2. The maximum atomic E-state index is 6.01. The molecule has 0 aromatic heterocycles. The fourth-order valence-corrected chi connectivity index (χ4v) is 2.51. The molecule has 3 aromatic rings. The van der Waals surface area contributed by atoms with Crippen molar-refractivity contribution in [2.75, 3.05) is 0 Å². The van der Waals surface area contributed by atoms with Crippen LogP contribution in [0, 0.1) is 0 Å². The minimum atomic E-state index is 0.416. The Balaban J connectivity index is 1.59. The van der Waals surface area contributed by atoms with E-state index in [9.17, 15) is 0 Å². The summed E-state index contributed by atoms with van der Waals surface area (Å²) in [5.41, 5.74) is 2.08. The molecule has 3 aromatic carbocycles. The average Bonchev–Trinajstić information content (AvgIpc) is 2.62. The smallest absolute Gasteiger partial charge is 0.123 e. The fraction of sp³-hybridized carbons (Fsp3) is 0.100. The summed E-state index contributed by atoms with van der Waals surface area (Å²) in [6.07, 6.45) is 0. The zero-order valence-corrected chi connectivity index (χ0v) is 14.4. The van der Waals surface area contributed by atoms with Crippen LogP contribution >= 0.6 is 23.2 Å². The molecule has 0 amide bonds. The Morgan fingerprint density at radius 2 is 1.25 bits per heavy atom. The van der Waals surface area contributed by atoms with Crippen molar-refractivity contribution >= 4 is 23.2 Å². The molecule has 0 fully saturated rings. The summed E-state index contributed by atoms with van der Waals surface area (Å²) >= 11 is 11.9. The van der Waals surface area contributed by atoms with Crippen LogP contribution in [-0.2, 0) is 13.2 Å². The minimum Gasteiger partial charge on any atom is -0.489 e. The van der Waals surface area contributed by atoms with E-state index in [1.54, 1.807) is 12.1 Å². The van der Waals surface area contributed by atoms with Crippen LogP contribution in [0.2, 0.25) is 10.0 Å². The van der Waals surface area contributed by atoms with E-state index in [1.807, 2.05) is 60.7 Å². The number of hydrogen-bond donors (Lipinski definition) is 0. The van der Waals surface area contributed by atoms with Gasteiger partial charge in [-0.1, -0.05) is 65.7 Å². The van der Waals surface area contributed by atoms with Gasteiger partial charge in [-0.2, -0.15) is 0 Å². The van der Waals surface area contributed by atoms with Gasteiger partial charge in [0.2, 0.25) is 0 Å². The second kappa shape index (κ2) is 8.09. The van der Waals surface area contributed by atoms with Gasteiger partial charge in [-0.05, 0) is 35.4 Å². The van der Waals surface area contributed by atoms with Crippen LogP contribution < -0.4 is 9.47 Å². The van der Waals surface area contributed by atoms with Crippen molar-refractivity contribution < 1.29 is 9.47 Å². The Labute approximate surface area is 151 Å². The Kier molecular flexibility index (Phi) is 5.63. The monoisotopic (exact) mass is 358 g/mol. The first-order chi connectivity index (χ1) is 11.7. The second-order valence-corrected chi connectivity index (χ2v) is 6.10. The summed E-state index contributed by atoms with van der Waals surface area (Å²) in [5, 5.41) is 1.06. The van der Waals surface area contributed by atoms with Crippen LogP contribution in [-0.4, -0.2) is 0 Å². The summed E-state index contributed by atoms with van der Waals surface area (Å²) in [7, 11) is 0. The maximum absolute atomic E-state index is 6.01. The summed E-state index contributed by atoms with van der Waals surface area (Å²) in [5.74, 6) is 1.51. The van der Waals surface area contributed by atoms with Crippen LogP contribution in [0.5, 0.6) is 11.5 Å². The Bertz CT molecular complexity index is 804. The predicted molar refractivity (Wildman–Crippen MR) is 98.0 cm³/mol. The molecule has 4 heteroatoms. The van der Waals surface area contributed by atoms with Crippen molar-refractivity contribution in [2.45, 2.75) is 13.2 Å². The molecule has 2 nitrogen and oxygen atoms in total. The number of rotatable bonds is 6. The molecule has 0 unspecified atom stereocenters. The molecule has 122 valence electrons. The molecular weight excluding hydrogens is 343 g/mol. The molecule has 3 rings (SSSR count). The lowest BCUT2D eigenvalue weighted by molar-refractivity contribution is 0.290. The Hall–Kier alpha value is -2.16. The molecule has 0 saturated carbocycles. The van der Waals surface area contributed by atoms with Gasteiger partial charge < -0.3 is 9.47 Å². The molecule has 24 heavy (non-hydrogen) atoms. The molecule has 0 aliphatic carbocycles. The highest BCUT2D eigenvalue weighted by Crippen LogP contribution is 2.25. The van der Waals surface area contributed by atoms with Gasteiger partial charge in [0.25, 0.3) is 0 Å². The first-order valence-electron chi connectivity index (χ1n) is 7.54. The quantitative estimate of drug-likeness (QED) is 0.525. The Morgan fingerprint density at radius 1 is 0.583 bits per heavy atom. The van der Waals surface area contributed by atoms with Crippen LogP contribution in [0.25, 0.3) is 0 Å². The van der Waals surface area contributed by atoms with Gasteiger partial charge >= 0.3 is 0 Å². The van der Waals surface area contributed by atoms with Crippen molar-refractivity contribution in [3.8, 4) is 11.5 Å². The van der Waals surface area contributed by atoms with Crippen molar-refractivity contribution in [3.05, 3.63) is 94.0 Å².